The van der Waals surface area contributed by atoms with Crippen molar-refractivity contribution in [1.29, 1.82) is 0 Å². The van der Waals surface area contributed by atoms with Crippen molar-refractivity contribution >= 4 is 51.4 Å². The first kappa shape index (κ1) is 23.1. The van der Waals surface area contributed by atoms with Crippen molar-refractivity contribution in [1.82, 2.24) is 4.98 Å². The number of anilines is 2. The second kappa shape index (κ2) is 10.7. The summed E-state index contributed by atoms with van der Waals surface area (Å²) >= 11 is 2.74. The van der Waals surface area contributed by atoms with E-state index >= 15 is 0 Å². The molecule has 2 amide bonds. The molecule has 0 fully saturated rings. The van der Waals surface area contributed by atoms with E-state index in [2.05, 4.69) is 15.6 Å². The smallest absolute Gasteiger partial charge is 0.269 e. The van der Waals surface area contributed by atoms with Gasteiger partial charge < -0.3 is 10.6 Å². The van der Waals surface area contributed by atoms with E-state index in [1.807, 2.05) is 35.7 Å². The highest BCUT2D eigenvalue weighted by atomic mass is 32.2. The van der Waals surface area contributed by atoms with Crippen LogP contribution in [0.2, 0.25) is 0 Å². The number of carbonyl (C=O) groups is 2. The van der Waals surface area contributed by atoms with Crippen LogP contribution in [0.25, 0.3) is 11.3 Å². The molecule has 0 unspecified atom stereocenters. The number of thiazole rings is 1. The summed E-state index contributed by atoms with van der Waals surface area (Å²) in [6, 6.07) is 22.2. The summed E-state index contributed by atoms with van der Waals surface area (Å²) in [6.07, 6.45) is 0. The number of carbonyl (C=O) groups excluding carboxylic acids is 2. The second-order valence-corrected chi connectivity index (χ2v) is 8.93. The van der Waals surface area contributed by atoms with Crippen molar-refractivity contribution in [3.8, 4) is 11.3 Å². The van der Waals surface area contributed by atoms with E-state index < -0.39 is 4.92 Å². The number of nitrogens with zero attached hydrogens (tertiary/aromatic N) is 2. The fourth-order valence-electron chi connectivity index (χ4n) is 2.95. The highest BCUT2D eigenvalue weighted by Crippen LogP contribution is 2.25. The molecular weight excluding hydrogens is 472 g/mol. The molecule has 4 rings (SSSR count). The largest absolute Gasteiger partial charge is 0.322 e. The SMILES string of the molecule is O=C(CSc1ccc(NC(=O)c2ccc([N+](=O)[O-])cc2)cc1)Nc1nc(-c2ccccc2)cs1. The Labute approximate surface area is 203 Å². The molecule has 0 aliphatic carbocycles. The van der Waals surface area contributed by atoms with Gasteiger partial charge in [-0.1, -0.05) is 30.3 Å². The topological polar surface area (TPSA) is 114 Å². The summed E-state index contributed by atoms with van der Waals surface area (Å²) in [5.41, 5.74) is 2.63. The van der Waals surface area contributed by atoms with Gasteiger partial charge in [0.05, 0.1) is 16.4 Å². The van der Waals surface area contributed by atoms with Gasteiger partial charge in [0, 0.05) is 39.2 Å². The number of nitro benzene ring substituents is 1. The van der Waals surface area contributed by atoms with Crippen LogP contribution in [-0.4, -0.2) is 27.5 Å². The predicted molar refractivity (Wildman–Crippen MR) is 134 cm³/mol. The Kier molecular flexibility index (Phi) is 7.31. The number of nitrogens with one attached hydrogen (secondary N) is 2. The van der Waals surface area contributed by atoms with E-state index in [9.17, 15) is 19.7 Å². The number of hydrogen-bond acceptors (Lipinski definition) is 7. The third-order valence-electron chi connectivity index (χ3n) is 4.64. The zero-order valence-corrected chi connectivity index (χ0v) is 19.3. The lowest BCUT2D eigenvalue weighted by Gasteiger charge is -2.07. The van der Waals surface area contributed by atoms with E-state index in [0.29, 0.717) is 16.4 Å². The number of hydrogen-bond donors (Lipinski definition) is 2. The van der Waals surface area contributed by atoms with Crippen LogP contribution in [0.4, 0.5) is 16.5 Å². The Morgan fingerprint density at radius 1 is 0.941 bits per heavy atom. The van der Waals surface area contributed by atoms with Gasteiger partial charge in [0.25, 0.3) is 11.6 Å². The number of rotatable bonds is 8. The highest BCUT2D eigenvalue weighted by Gasteiger charge is 2.11. The van der Waals surface area contributed by atoms with Gasteiger partial charge in [-0.2, -0.15) is 0 Å². The van der Waals surface area contributed by atoms with Crippen LogP contribution in [0.5, 0.6) is 0 Å². The van der Waals surface area contributed by atoms with Gasteiger partial charge in [0.1, 0.15) is 0 Å². The van der Waals surface area contributed by atoms with Crippen molar-refractivity contribution in [3.05, 3.63) is 99.9 Å². The molecule has 0 radical (unpaired) electrons. The maximum Gasteiger partial charge on any atom is 0.269 e. The van der Waals surface area contributed by atoms with Crippen LogP contribution in [0.1, 0.15) is 10.4 Å². The van der Waals surface area contributed by atoms with Gasteiger partial charge >= 0.3 is 0 Å². The molecule has 0 bridgehead atoms. The van der Waals surface area contributed by atoms with Crippen LogP contribution in [-0.2, 0) is 4.79 Å². The highest BCUT2D eigenvalue weighted by molar-refractivity contribution is 8.00. The average Bonchev–Trinajstić information content (AvgIpc) is 3.32. The van der Waals surface area contributed by atoms with Crippen molar-refractivity contribution in [2.75, 3.05) is 16.4 Å². The standard InChI is InChI=1S/C24H18N4O4S2/c29-22(27-24-26-21(14-34-24)16-4-2-1-3-5-16)15-33-20-12-8-18(9-13-20)25-23(30)17-6-10-19(11-7-17)28(31)32/h1-14H,15H2,(H,25,30)(H,26,27,29). The lowest BCUT2D eigenvalue weighted by atomic mass is 10.2. The molecule has 0 aliphatic rings. The molecule has 0 saturated carbocycles. The van der Waals surface area contributed by atoms with Crippen LogP contribution >= 0.6 is 23.1 Å². The molecule has 3 aromatic carbocycles. The minimum atomic E-state index is -0.517. The molecule has 8 nitrogen and oxygen atoms in total. The molecule has 0 atom stereocenters. The molecule has 170 valence electrons. The minimum Gasteiger partial charge on any atom is -0.322 e. The molecule has 0 aliphatic heterocycles. The molecule has 0 spiro atoms. The number of amides is 2. The molecule has 2 N–H and O–H groups in total. The van der Waals surface area contributed by atoms with Crippen LogP contribution < -0.4 is 10.6 Å². The van der Waals surface area contributed by atoms with E-state index in [0.717, 1.165) is 16.2 Å². The first-order valence-electron chi connectivity index (χ1n) is 10.1. The summed E-state index contributed by atoms with van der Waals surface area (Å²) < 4.78 is 0. The fraction of sp³-hybridized carbons (Fsp3) is 0.0417. The van der Waals surface area contributed by atoms with E-state index in [4.69, 9.17) is 0 Å². The Bertz CT molecular complexity index is 1310. The lowest BCUT2D eigenvalue weighted by molar-refractivity contribution is -0.384. The normalized spacial score (nSPS) is 10.5. The number of thioether (sulfide) groups is 1. The zero-order valence-electron chi connectivity index (χ0n) is 17.6. The minimum absolute atomic E-state index is 0.0755. The van der Waals surface area contributed by atoms with Crippen LogP contribution in [0.15, 0.2) is 89.1 Å². The molecule has 10 heteroatoms. The first-order valence-corrected chi connectivity index (χ1v) is 11.9. The fourth-order valence-corrected chi connectivity index (χ4v) is 4.38. The summed E-state index contributed by atoms with van der Waals surface area (Å²) in [6.45, 7) is 0. The average molecular weight is 491 g/mol. The second-order valence-electron chi connectivity index (χ2n) is 7.02. The summed E-state index contributed by atoms with van der Waals surface area (Å²) in [4.78, 5) is 40.1. The van der Waals surface area contributed by atoms with Crippen LogP contribution in [0.3, 0.4) is 0 Å². The Morgan fingerprint density at radius 3 is 2.32 bits per heavy atom. The third kappa shape index (κ3) is 6.06. The molecule has 0 saturated heterocycles. The van der Waals surface area contributed by atoms with E-state index in [1.54, 1.807) is 24.3 Å². The van der Waals surface area contributed by atoms with Crippen molar-refractivity contribution in [3.63, 3.8) is 0 Å². The predicted octanol–water partition coefficient (Wildman–Crippen LogP) is 5.70. The third-order valence-corrected chi connectivity index (χ3v) is 6.41. The van der Waals surface area contributed by atoms with Gasteiger partial charge in [0.2, 0.25) is 5.91 Å². The van der Waals surface area contributed by atoms with Crippen molar-refractivity contribution in [2.24, 2.45) is 0 Å². The first-order chi connectivity index (χ1) is 16.5. The molecule has 1 heterocycles. The van der Waals surface area contributed by atoms with Crippen LogP contribution in [0, 0.1) is 10.1 Å². The monoisotopic (exact) mass is 490 g/mol. The molecule has 34 heavy (non-hydrogen) atoms. The number of benzene rings is 3. The molecule has 1 aromatic heterocycles. The Hall–Kier alpha value is -4.02. The quantitative estimate of drug-likeness (QED) is 0.186. The van der Waals surface area contributed by atoms with Gasteiger partial charge in [0.15, 0.2) is 5.13 Å². The van der Waals surface area contributed by atoms with Crippen molar-refractivity contribution in [2.45, 2.75) is 4.90 Å². The number of nitro groups is 1. The maximum absolute atomic E-state index is 12.3. The Balaban J connectivity index is 1.26. The van der Waals surface area contributed by atoms with E-state index in [1.165, 1.54) is 47.4 Å². The number of non-ortho nitro benzene ring substituents is 1. The van der Waals surface area contributed by atoms with Crippen molar-refractivity contribution < 1.29 is 14.5 Å². The molecule has 4 aromatic rings. The van der Waals surface area contributed by atoms with Gasteiger partial charge in [-0.25, -0.2) is 4.98 Å². The van der Waals surface area contributed by atoms with E-state index in [-0.39, 0.29) is 23.3 Å². The summed E-state index contributed by atoms with van der Waals surface area (Å²) in [5, 5.41) is 18.7. The van der Waals surface area contributed by atoms with Gasteiger partial charge in [-0.05, 0) is 36.4 Å². The van der Waals surface area contributed by atoms with Gasteiger partial charge in [-0.15, -0.1) is 23.1 Å². The lowest BCUT2D eigenvalue weighted by Crippen LogP contribution is -2.13. The zero-order chi connectivity index (χ0) is 23.9. The summed E-state index contributed by atoms with van der Waals surface area (Å²) in [5.74, 6) is -0.308. The Morgan fingerprint density at radius 2 is 1.65 bits per heavy atom. The van der Waals surface area contributed by atoms with Gasteiger partial charge in [-0.3, -0.25) is 19.7 Å². The summed E-state index contributed by atoms with van der Waals surface area (Å²) in [7, 11) is 0. The number of aromatic nitrogens is 1. The maximum atomic E-state index is 12.3. The molecular formula is C24H18N4O4S2.